The number of methoxy groups -OCH3 is 1. The number of rotatable bonds is 4. The fourth-order valence-corrected chi connectivity index (χ4v) is 1.98. The number of nitrogens with zero attached hydrogens (tertiary/aromatic N) is 1. The molecule has 0 N–H and O–H groups in total. The van der Waals surface area contributed by atoms with Gasteiger partial charge in [0.25, 0.3) is 0 Å². The molecule has 116 valence electrons. The van der Waals surface area contributed by atoms with E-state index in [1.54, 1.807) is 39.0 Å². The van der Waals surface area contributed by atoms with Crippen LogP contribution in [0.15, 0.2) is 18.2 Å². The lowest BCUT2D eigenvalue weighted by Crippen LogP contribution is -2.37. The lowest BCUT2D eigenvalue weighted by molar-refractivity contribution is -0.112. The second-order valence-corrected chi connectivity index (χ2v) is 5.97. The Hall–Kier alpha value is -1.75. The van der Waals surface area contributed by atoms with E-state index >= 15 is 0 Å². The fourth-order valence-electron chi connectivity index (χ4n) is 1.70. The Morgan fingerprint density at radius 1 is 1.38 bits per heavy atom. The maximum absolute atomic E-state index is 12.0. The fraction of sp³-hybridized carbons (Fsp3) is 0.467. The highest BCUT2D eigenvalue weighted by Gasteiger charge is 2.27. The standard InChI is InChI=1S/C15H20ClNO4/c1-15(2,3)21-14(19)17(4)13(9-18)11-7-6-10(20-5)8-12(11)16/h6-9,13H,1-5H3. The number of benzene rings is 1. The molecule has 1 rings (SSSR count). The summed E-state index contributed by atoms with van der Waals surface area (Å²) in [5.74, 6) is 0.577. The maximum Gasteiger partial charge on any atom is 0.410 e. The Morgan fingerprint density at radius 2 is 2.00 bits per heavy atom. The molecule has 1 atom stereocenters. The first-order chi connectivity index (χ1) is 9.69. The van der Waals surface area contributed by atoms with Crippen molar-refractivity contribution in [2.75, 3.05) is 14.2 Å². The van der Waals surface area contributed by atoms with Crippen LogP contribution in [0.3, 0.4) is 0 Å². The molecule has 0 saturated heterocycles. The number of halogens is 1. The van der Waals surface area contributed by atoms with Crippen molar-refractivity contribution in [3.05, 3.63) is 28.8 Å². The average molecular weight is 314 g/mol. The third kappa shape index (κ3) is 4.63. The highest BCUT2D eigenvalue weighted by Crippen LogP contribution is 2.29. The van der Waals surface area contributed by atoms with Crippen LogP contribution in [0.25, 0.3) is 0 Å². The van der Waals surface area contributed by atoms with Gasteiger partial charge in [-0.15, -0.1) is 0 Å². The van der Waals surface area contributed by atoms with Crippen molar-refractivity contribution in [1.82, 2.24) is 4.90 Å². The van der Waals surface area contributed by atoms with Crippen molar-refractivity contribution >= 4 is 24.0 Å². The minimum Gasteiger partial charge on any atom is -0.497 e. The molecule has 0 aliphatic rings. The minimum absolute atomic E-state index is 0.349. The summed E-state index contributed by atoms with van der Waals surface area (Å²) < 4.78 is 10.3. The molecular weight excluding hydrogens is 294 g/mol. The molecule has 0 heterocycles. The van der Waals surface area contributed by atoms with E-state index in [-0.39, 0.29) is 0 Å². The van der Waals surface area contributed by atoms with Crippen LogP contribution in [-0.2, 0) is 9.53 Å². The molecule has 5 nitrogen and oxygen atoms in total. The van der Waals surface area contributed by atoms with Crippen LogP contribution in [0.4, 0.5) is 4.79 Å². The molecule has 6 heteroatoms. The molecule has 0 aliphatic heterocycles. The van der Waals surface area contributed by atoms with Crippen LogP contribution in [0.1, 0.15) is 32.4 Å². The number of carbonyl (C=O) groups excluding carboxylic acids is 2. The van der Waals surface area contributed by atoms with Crippen molar-refractivity contribution in [2.45, 2.75) is 32.4 Å². The third-order valence-corrected chi connectivity index (χ3v) is 3.08. The van der Waals surface area contributed by atoms with Crippen molar-refractivity contribution < 1.29 is 19.1 Å². The van der Waals surface area contributed by atoms with Gasteiger partial charge in [0.1, 0.15) is 23.7 Å². The molecule has 0 aliphatic carbocycles. The molecule has 0 fully saturated rings. The predicted molar refractivity (Wildman–Crippen MR) is 80.8 cm³/mol. The summed E-state index contributed by atoms with van der Waals surface area (Å²) in [5.41, 5.74) is -0.122. The number of amides is 1. The first kappa shape index (κ1) is 17.3. The number of carbonyl (C=O) groups is 2. The molecule has 0 aromatic heterocycles. The van der Waals surface area contributed by atoms with E-state index in [1.165, 1.54) is 19.1 Å². The first-order valence-corrected chi connectivity index (χ1v) is 6.82. The second-order valence-electron chi connectivity index (χ2n) is 5.56. The summed E-state index contributed by atoms with van der Waals surface area (Å²) in [5, 5.41) is 0.349. The van der Waals surface area contributed by atoms with Crippen molar-refractivity contribution in [3.8, 4) is 5.75 Å². The van der Waals surface area contributed by atoms with E-state index in [9.17, 15) is 9.59 Å². The Kier molecular flexibility index (Phi) is 5.61. The summed E-state index contributed by atoms with van der Waals surface area (Å²) in [6.45, 7) is 5.28. The van der Waals surface area contributed by atoms with Gasteiger partial charge in [-0.1, -0.05) is 17.7 Å². The van der Waals surface area contributed by atoms with Gasteiger partial charge < -0.3 is 14.3 Å². The van der Waals surface area contributed by atoms with Gasteiger partial charge in [0.15, 0.2) is 0 Å². The minimum atomic E-state index is -0.821. The summed E-state index contributed by atoms with van der Waals surface area (Å²) in [7, 11) is 3.02. The molecule has 1 aromatic rings. The molecule has 0 radical (unpaired) electrons. The van der Waals surface area contributed by atoms with Crippen LogP contribution < -0.4 is 4.74 Å². The zero-order valence-corrected chi connectivity index (χ0v) is 13.6. The largest absolute Gasteiger partial charge is 0.497 e. The van der Waals surface area contributed by atoms with E-state index < -0.39 is 17.7 Å². The van der Waals surface area contributed by atoms with Gasteiger partial charge in [-0.25, -0.2) is 4.79 Å². The zero-order valence-electron chi connectivity index (χ0n) is 12.8. The Labute approximate surface area is 129 Å². The summed E-state index contributed by atoms with van der Waals surface area (Å²) in [6, 6.07) is 4.11. The third-order valence-electron chi connectivity index (χ3n) is 2.75. The van der Waals surface area contributed by atoms with E-state index in [4.69, 9.17) is 21.1 Å². The molecular formula is C15H20ClNO4. The maximum atomic E-state index is 12.0. The van der Waals surface area contributed by atoms with Crippen LogP contribution in [0, 0.1) is 0 Å². The molecule has 1 unspecified atom stereocenters. The number of hydrogen-bond donors (Lipinski definition) is 0. The van der Waals surface area contributed by atoms with Crippen LogP contribution in [0.5, 0.6) is 5.75 Å². The number of hydrogen-bond acceptors (Lipinski definition) is 4. The van der Waals surface area contributed by atoms with E-state index in [2.05, 4.69) is 0 Å². The highest BCUT2D eigenvalue weighted by molar-refractivity contribution is 6.31. The van der Waals surface area contributed by atoms with Gasteiger partial charge in [0.2, 0.25) is 0 Å². The molecule has 1 amide bonds. The lowest BCUT2D eigenvalue weighted by atomic mass is 10.1. The predicted octanol–water partition coefficient (Wildman–Crippen LogP) is 3.46. The topological polar surface area (TPSA) is 55.8 Å². The van der Waals surface area contributed by atoms with Crippen LogP contribution in [-0.4, -0.2) is 37.0 Å². The van der Waals surface area contributed by atoms with Crippen molar-refractivity contribution in [2.24, 2.45) is 0 Å². The molecule has 0 spiro atoms. The van der Waals surface area contributed by atoms with Gasteiger partial charge in [-0.2, -0.15) is 0 Å². The quantitative estimate of drug-likeness (QED) is 0.799. The number of likely N-dealkylation sites (N-methyl/N-ethyl adjacent to an activating group) is 1. The van der Waals surface area contributed by atoms with Gasteiger partial charge in [-0.3, -0.25) is 4.90 Å². The number of aldehydes is 1. The normalized spacial score (nSPS) is 12.5. The molecule has 0 saturated carbocycles. The monoisotopic (exact) mass is 313 g/mol. The molecule has 1 aromatic carbocycles. The smallest absolute Gasteiger partial charge is 0.410 e. The van der Waals surface area contributed by atoms with Crippen LogP contribution in [0.2, 0.25) is 5.02 Å². The summed E-state index contributed by atoms with van der Waals surface area (Å²) >= 11 is 6.15. The van der Waals surface area contributed by atoms with Gasteiger partial charge in [-0.05, 0) is 32.9 Å². The first-order valence-electron chi connectivity index (χ1n) is 6.44. The summed E-state index contributed by atoms with van der Waals surface area (Å²) in [4.78, 5) is 24.6. The van der Waals surface area contributed by atoms with Gasteiger partial charge >= 0.3 is 6.09 Å². The summed E-state index contributed by atoms with van der Waals surface area (Å²) in [6.07, 6.45) is 0.0592. The van der Waals surface area contributed by atoms with Gasteiger partial charge in [0, 0.05) is 17.6 Å². The Bertz CT molecular complexity index is 525. The Morgan fingerprint density at radius 3 is 2.43 bits per heavy atom. The second kappa shape index (κ2) is 6.80. The van der Waals surface area contributed by atoms with Crippen LogP contribution >= 0.6 is 11.6 Å². The Balaban J connectivity index is 3.02. The van der Waals surface area contributed by atoms with Gasteiger partial charge in [0.05, 0.1) is 7.11 Å². The average Bonchev–Trinajstić information content (AvgIpc) is 2.39. The molecule has 0 bridgehead atoms. The van der Waals surface area contributed by atoms with Crippen molar-refractivity contribution in [3.63, 3.8) is 0 Å². The zero-order chi connectivity index (χ0) is 16.2. The van der Waals surface area contributed by atoms with E-state index in [0.29, 0.717) is 22.6 Å². The van der Waals surface area contributed by atoms with E-state index in [1.807, 2.05) is 0 Å². The van der Waals surface area contributed by atoms with Crippen molar-refractivity contribution in [1.29, 1.82) is 0 Å². The SMILES string of the molecule is COc1ccc(C(C=O)N(C)C(=O)OC(C)(C)C)c(Cl)c1. The lowest BCUT2D eigenvalue weighted by Gasteiger charge is -2.28. The highest BCUT2D eigenvalue weighted by atomic mass is 35.5. The molecule has 21 heavy (non-hydrogen) atoms. The van der Waals surface area contributed by atoms with E-state index in [0.717, 1.165) is 0 Å². The number of ether oxygens (including phenoxy) is 2.